The van der Waals surface area contributed by atoms with Crippen LogP contribution in [0.15, 0.2) is 197 Å². The van der Waals surface area contributed by atoms with Crippen molar-refractivity contribution in [3.8, 4) is 33.4 Å². The molecule has 0 aliphatic carbocycles. The Morgan fingerprint density at radius 2 is 0.922 bits per heavy atom. The number of hydrogen-bond acceptors (Lipinski definition) is 3. The van der Waals surface area contributed by atoms with Gasteiger partial charge in [0.15, 0.2) is 0 Å². The van der Waals surface area contributed by atoms with Gasteiger partial charge in [0.2, 0.25) is 0 Å². The number of anilines is 3. The van der Waals surface area contributed by atoms with Crippen molar-refractivity contribution in [3.63, 3.8) is 0 Å². The first-order valence-electron chi connectivity index (χ1n) is 19.3. The first-order valence-corrected chi connectivity index (χ1v) is 16.8. The highest BCUT2D eigenvalue weighted by Gasteiger charge is 2.20. The molecule has 0 saturated carbocycles. The van der Waals surface area contributed by atoms with E-state index in [2.05, 4.69) is 89.8 Å². The van der Waals surface area contributed by atoms with Crippen LogP contribution in [0, 0.1) is 0 Å². The number of hydrogen-bond donors (Lipinski definition) is 0. The average molecular weight is 659 g/mol. The van der Waals surface area contributed by atoms with E-state index in [1.54, 1.807) is 0 Å². The van der Waals surface area contributed by atoms with Crippen molar-refractivity contribution in [2.24, 2.45) is 0 Å². The van der Waals surface area contributed by atoms with E-state index in [4.69, 9.17) is 15.7 Å². The minimum absolute atomic E-state index is 0.190. The summed E-state index contributed by atoms with van der Waals surface area (Å²) >= 11 is 0. The molecule has 10 rings (SSSR count). The van der Waals surface area contributed by atoms with Gasteiger partial charge in [0.1, 0.15) is 22.3 Å². The Morgan fingerprint density at radius 1 is 0.392 bits per heavy atom. The lowest BCUT2D eigenvalue weighted by Crippen LogP contribution is -2.10. The Bertz CT molecular complexity index is 3100. The molecule has 0 spiro atoms. The van der Waals surface area contributed by atoms with Gasteiger partial charge < -0.3 is 13.7 Å². The van der Waals surface area contributed by atoms with Crippen LogP contribution in [0.5, 0.6) is 0 Å². The van der Waals surface area contributed by atoms with Crippen LogP contribution in [0.1, 0.15) is 6.85 Å². The first-order chi connectivity index (χ1) is 27.4. The standard InChI is InChI=1S/C48H31NO2/c1-2-10-32(11-3-1)33-20-22-34(23-21-33)35-24-28-37(29-25-35)49(43-16-9-19-46-47(43)42-13-5-7-18-45(42)50-46)38-30-26-36(27-31-38)39-14-8-15-41-40-12-4-6-17-44(40)51-48(39)41/h1-31H/i1D,2D,3D,10D,11D. The zero-order valence-corrected chi connectivity index (χ0v) is 27.3. The highest BCUT2D eigenvalue weighted by Crippen LogP contribution is 2.44. The second-order valence-electron chi connectivity index (χ2n) is 12.5. The van der Waals surface area contributed by atoms with E-state index in [0.717, 1.165) is 83.2 Å². The molecule has 240 valence electrons. The molecule has 0 amide bonds. The van der Waals surface area contributed by atoms with Crippen LogP contribution in [0.3, 0.4) is 0 Å². The zero-order valence-electron chi connectivity index (χ0n) is 32.3. The van der Waals surface area contributed by atoms with E-state index in [1.165, 1.54) is 0 Å². The number of furan rings is 2. The molecule has 0 aliphatic heterocycles. The van der Waals surface area contributed by atoms with E-state index in [1.807, 2.05) is 72.8 Å². The van der Waals surface area contributed by atoms with Gasteiger partial charge in [0.25, 0.3) is 0 Å². The molecule has 0 N–H and O–H groups in total. The minimum Gasteiger partial charge on any atom is -0.456 e. The average Bonchev–Trinajstić information content (AvgIpc) is 3.82. The molecular weight excluding hydrogens is 623 g/mol. The summed E-state index contributed by atoms with van der Waals surface area (Å²) < 4.78 is 53.6. The Balaban J connectivity index is 1.06. The molecule has 0 bridgehead atoms. The highest BCUT2D eigenvalue weighted by molar-refractivity contribution is 6.13. The molecule has 0 fully saturated rings. The summed E-state index contributed by atoms with van der Waals surface area (Å²) in [6.45, 7) is 0. The molecule has 3 heteroatoms. The van der Waals surface area contributed by atoms with Crippen molar-refractivity contribution in [1.82, 2.24) is 0 Å². The number of rotatable bonds is 6. The van der Waals surface area contributed by atoms with Crippen LogP contribution in [-0.2, 0) is 0 Å². The summed E-state index contributed by atoms with van der Waals surface area (Å²) in [6.07, 6.45) is 0. The third-order valence-electron chi connectivity index (χ3n) is 9.59. The van der Waals surface area contributed by atoms with Gasteiger partial charge in [0, 0.05) is 33.1 Å². The molecule has 0 unspecified atom stereocenters. The lowest BCUT2D eigenvalue weighted by Gasteiger charge is -2.26. The van der Waals surface area contributed by atoms with E-state index >= 15 is 0 Å². The summed E-state index contributed by atoms with van der Waals surface area (Å²) in [7, 11) is 0. The third kappa shape index (κ3) is 4.98. The van der Waals surface area contributed by atoms with Gasteiger partial charge in [-0.05, 0) is 76.3 Å². The van der Waals surface area contributed by atoms with Gasteiger partial charge in [-0.3, -0.25) is 0 Å². The van der Waals surface area contributed by atoms with Crippen LogP contribution in [0.4, 0.5) is 17.1 Å². The van der Waals surface area contributed by atoms with Crippen molar-refractivity contribution >= 4 is 60.9 Å². The Hall–Kier alpha value is -6.84. The fourth-order valence-electron chi connectivity index (χ4n) is 7.16. The van der Waals surface area contributed by atoms with Gasteiger partial charge in [0.05, 0.1) is 17.9 Å². The van der Waals surface area contributed by atoms with Crippen molar-refractivity contribution in [1.29, 1.82) is 0 Å². The quantitative estimate of drug-likeness (QED) is 0.178. The third-order valence-corrected chi connectivity index (χ3v) is 9.59. The van der Waals surface area contributed by atoms with Crippen LogP contribution < -0.4 is 4.90 Å². The lowest BCUT2D eigenvalue weighted by molar-refractivity contribution is 0.669. The molecule has 0 saturated heterocycles. The van der Waals surface area contributed by atoms with Crippen molar-refractivity contribution in [2.45, 2.75) is 0 Å². The van der Waals surface area contributed by atoms with Crippen LogP contribution in [0.25, 0.3) is 77.3 Å². The number of benzene rings is 8. The molecule has 0 radical (unpaired) electrons. The summed E-state index contributed by atoms with van der Waals surface area (Å²) in [4.78, 5) is 2.25. The van der Waals surface area contributed by atoms with Crippen molar-refractivity contribution < 1.29 is 15.7 Å². The predicted octanol–water partition coefficient (Wildman–Crippen LogP) is 14.0. The molecule has 2 aromatic heterocycles. The molecule has 51 heavy (non-hydrogen) atoms. The van der Waals surface area contributed by atoms with E-state index < -0.39 is 6.04 Å². The zero-order chi connectivity index (χ0) is 38.1. The van der Waals surface area contributed by atoms with E-state index in [0.29, 0.717) is 5.56 Å². The van der Waals surface area contributed by atoms with E-state index in [9.17, 15) is 0 Å². The summed E-state index contributed by atoms with van der Waals surface area (Å²) in [5.41, 5.74) is 11.0. The SMILES string of the molecule is [2H]c1c([2H])c([2H])c(-c2ccc(-c3ccc(N(c4ccc(-c5cccc6c5oc5ccccc56)cc4)c4cccc5oc6ccccc6c45)cc3)cc2)c([2H])c1[2H]. The fourth-order valence-corrected chi connectivity index (χ4v) is 7.16. The van der Waals surface area contributed by atoms with Crippen LogP contribution in [0.2, 0.25) is 0 Å². The lowest BCUT2D eigenvalue weighted by atomic mass is 9.99. The molecule has 8 aromatic carbocycles. The van der Waals surface area contributed by atoms with Crippen LogP contribution in [-0.4, -0.2) is 0 Å². The van der Waals surface area contributed by atoms with Gasteiger partial charge in [-0.1, -0.05) is 139 Å². The number of nitrogens with zero attached hydrogens (tertiary/aromatic N) is 1. The fraction of sp³-hybridized carbons (Fsp3) is 0. The Labute approximate surface area is 302 Å². The van der Waals surface area contributed by atoms with Gasteiger partial charge >= 0.3 is 0 Å². The maximum Gasteiger partial charge on any atom is 0.143 e. The Morgan fingerprint density at radius 3 is 1.63 bits per heavy atom. The Kier molecular flexibility index (Phi) is 5.69. The van der Waals surface area contributed by atoms with E-state index in [-0.39, 0.29) is 29.7 Å². The maximum absolute atomic E-state index is 8.40. The largest absolute Gasteiger partial charge is 0.456 e. The number of fused-ring (bicyclic) bond motifs is 6. The van der Waals surface area contributed by atoms with Gasteiger partial charge in [-0.25, -0.2) is 0 Å². The number of para-hydroxylation sites is 3. The second kappa shape index (κ2) is 11.9. The maximum atomic E-state index is 8.40. The molecular formula is C48H31NO2. The predicted molar refractivity (Wildman–Crippen MR) is 212 cm³/mol. The highest BCUT2D eigenvalue weighted by atomic mass is 16.3. The summed E-state index contributed by atoms with van der Waals surface area (Å²) in [5, 5.41) is 4.24. The van der Waals surface area contributed by atoms with Crippen LogP contribution >= 0.6 is 0 Å². The first kappa shape index (κ1) is 24.3. The van der Waals surface area contributed by atoms with Crippen molar-refractivity contribution in [2.75, 3.05) is 4.90 Å². The van der Waals surface area contributed by atoms with Gasteiger partial charge in [-0.15, -0.1) is 0 Å². The van der Waals surface area contributed by atoms with Crippen molar-refractivity contribution in [3.05, 3.63) is 188 Å². The minimum atomic E-state index is -0.400. The second-order valence-corrected chi connectivity index (χ2v) is 12.5. The molecule has 0 atom stereocenters. The summed E-state index contributed by atoms with van der Waals surface area (Å²) in [5.74, 6) is 0. The topological polar surface area (TPSA) is 29.5 Å². The molecule has 0 aliphatic rings. The summed E-state index contributed by atoms with van der Waals surface area (Å²) in [6, 6.07) is 51.5. The molecule has 10 aromatic rings. The monoisotopic (exact) mass is 658 g/mol. The molecule has 2 heterocycles. The smallest absolute Gasteiger partial charge is 0.143 e. The normalized spacial score (nSPS) is 12.9. The van der Waals surface area contributed by atoms with Gasteiger partial charge in [-0.2, -0.15) is 0 Å². The molecule has 3 nitrogen and oxygen atoms in total.